The average Bonchev–Trinajstić information content (AvgIpc) is 2.59. The molecule has 5 heteroatoms. The standard InChI is InChI=1S/C12H14O5/c1-7-3-4-10(15-6-7)9-5-11(14)17-12(9)16-8(2)13/h3,5,10,12H,4,6H2,1-2H3/t10-,12-/m1/s1. The number of carbonyl (C=O) groups excluding carboxylic acids is 2. The van der Waals surface area contributed by atoms with Crippen LogP contribution in [-0.4, -0.2) is 30.9 Å². The number of esters is 2. The van der Waals surface area contributed by atoms with E-state index in [4.69, 9.17) is 14.2 Å². The molecule has 0 aromatic carbocycles. The van der Waals surface area contributed by atoms with Crippen molar-refractivity contribution in [3.63, 3.8) is 0 Å². The summed E-state index contributed by atoms with van der Waals surface area (Å²) in [7, 11) is 0. The Kier molecular flexibility index (Phi) is 3.28. The third-order valence-electron chi connectivity index (χ3n) is 2.62. The van der Waals surface area contributed by atoms with Gasteiger partial charge in [0.05, 0.1) is 12.7 Å². The predicted octanol–water partition coefficient (Wildman–Crippen LogP) is 1.09. The lowest BCUT2D eigenvalue weighted by Gasteiger charge is -2.24. The maximum absolute atomic E-state index is 11.2. The molecule has 0 fully saturated rings. The van der Waals surface area contributed by atoms with Crippen molar-refractivity contribution < 1.29 is 23.8 Å². The van der Waals surface area contributed by atoms with Gasteiger partial charge in [-0.2, -0.15) is 0 Å². The Balaban J connectivity index is 2.10. The maximum atomic E-state index is 11.2. The van der Waals surface area contributed by atoms with Gasteiger partial charge < -0.3 is 14.2 Å². The van der Waals surface area contributed by atoms with Crippen LogP contribution in [0.3, 0.4) is 0 Å². The van der Waals surface area contributed by atoms with Crippen molar-refractivity contribution in [2.24, 2.45) is 0 Å². The van der Waals surface area contributed by atoms with Crippen LogP contribution in [0.15, 0.2) is 23.3 Å². The molecule has 2 rings (SSSR count). The lowest BCUT2D eigenvalue weighted by Crippen LogP contribution is -2.29. The molecule has 5 nitrogen and oxygen atoms in total. The highest BCUT2D eigenvalue weighted by atomic mass is 16.7. The van der Waals surface area contributed by atoms with Crippen LogP contribution < -0.4 is 0 Å². The molecule has 92 valence electrons. The van der Waals surface area contributed by atoms with Crippen LogP contribution in [0.1, 0.15) is 20.3 Å². The molecule has 0 amide bonds. The smallest absolute Gasteiger partial charge is 0.334 e. The molecular weight excluding hydrogens is 224 g/mol. The van der Waals surface area contributed by atoms with Crippen LogP contribution in [-0.2, 0) is 23.8 Å². The number of hydrogen-bond acceptors (Lipinski definition) is 5. The van der Waals surface area contributed by atoms with E-state index in [9.17, 15) is 9.59 Å². The lowest BCUT2D eigenvalue weighted by molar-refractivity contribution is -0.173. The molecule has 0 saturated heterocycles. The van der Waals surface area contributed by atoms with Crippen molar-refractivity contribution in [3.05, 3.63) is 23.3 Å². The third kappa shape index (κ3) is 2.74. The first-order chi connectivity index (χ1) is 8.06. The van der Waals surface area contributed by atoms with E-state index < -0.39 is 18.2 Å². The van der Waals surface area contributed by atoms with E-state index >= 15 is 0 Å². The van der Waals surface area contributed by atoms with E-state index in [1.807, 2.05) is 13.0 Å². The Morgan fingerprint density at radius 1 is 1.53 bits per heavy atom. The molecule has 0 radical (unpaired) electrons. The summed E-state index contributed by atoms with van der Waals surface area (Å²) in [6.45, 7) is 3.77. The monoisotopic (exact) mass is 238 g/mol. The topological polar surface area (TPSA) is 61.8 Å². The minimum atomic E-state index is -0.934. The Morgan fingerprint density at radius 2 is 2.29 bits per heavy atom. The summed E-state index contributed by atoms with van der Waals surface area (Å²) in [5.74, 6) is -0.987. The Morgan fingerprint density at radius 3 is 2.88 bits per heavy atom. The van der Waals surface area contributed by atoms with Crippen molar-refractivity contribution in [1.29, 1.82) is 0 Å². The van der Waals surface area contributed by atoms with E-state index in [1.165, 1.54) is 13.0 Å². The molecule has 2 aliphatic heterocycles. The molecule has 0 saturated carbocycles. The Bertz CT molecular complexity index is 407. The number of rotatable bonds is 2. The first-order valence-corrected chi connectivity index (χ1v) is 5.43. The number of carbonyl (C=O) groups is 2. The summed E-state index contributed by atoms with van der Waals surface area (Å²) >= 11 is 0. The van der Waals surface area contributed by atoms with Gasteiger partial charge in [-0.1, -0.05) is 11.6 Å². The minimum absolute atomic E-state index is 0.255. The highest BCUT2D eigenvalue weighted by Gasteiger charge is 2.35. The molecule has 2 aliphatic rings. The summed E-state index contributed by atoms with van der Waals surface area (Å²) in [6.07, 6.45) is 2.85. The first kappa shape index (κ1) is 11.9. The van der Waals surface area contributed by atoms with Gasteiger partial charge in [0.1, 0.15) is 0 Å². The minimum Gasteiger partial charge on any atom is -0.421 e. The molecule has 0 spiro atoms. The van der Waals surface area contributed by atoms with Gasteiger partial charge >= 0.3 is 11.9 Å². The largest absolute Gasteiger partial charge is 0.421 e. The van der Waals surface area contributed by atoms with Crippen molar-refractivity contribution in [2.45, 2.75) is 32.7 Å². The van der Waals surface area contributed by atoms with Crippen LogP contribution in [0.4, 0.5) is 0 Å². The molecule has 0 unspecified atom stereocenters. The van der Waals surface area contributed by atoms with E-state index in [-0.39, 0.29) is 6.10 Å². The van der Waals surface area contributed by atoms with Crippen molar-refractivity contribution in [2.75, 3.05) is 6.61 Å². The van der Waals surface area contributed by atoms with E-state index in [0.717, 1.165) is 5.57 Å². The molecule has 2 atom stereocenters. The van der Waals surface area contributed by atoms with Crippen LogP contribution in [0.5, 0.6) is 0 Å². The lowest BCUT2D eigenvalue weighted by atomic mass is 10.0. The third-order valence-corrected chi connectivity index (χ3v) is 2.62. The van der Waals surface area contributed by atoms with Crippen LogP contribution in [0, 0.1) is 0 Å². The fraction of sp³-hybridized carbons (Fsp3) is 0.500. The fourth-order valence-corrected chi connectivity index (χ4v) is 1.80. The van der Waals surface area contributed by atoms with E-state index in [1.54, 1.807) is 0 Å². The van der Waals surface area contributed by atoms with Gasteiger partial charge in [0.25, 0.3) is 6.29 Å². The molecule has 2 heterocycles. The Hall–Kier alpha value is -1.62. The summed E-state index contributed by atoms with van der Waals surface area (Å²) in [5, 5.41) is 0. The molecule has 0 aromatic heterocycles. The summed E-state index contributed by atoms with van der Waals surface area (Å²) in [5.41, 5.74) is 1.73. The molecule has 0 bridgehead atoms. The molecular formula is C12H14O5. The number of hydrogen-bond donors (Lipinski definition) is 0. The number of ether oxygens (including phenoxy) is 3. The van der Waals surface area contributed by atoms with Crippen LogP contribution >= 0.6 is 0 Å². The van der Waals surface area contributed by atoms with Crippen LogP contribution in [0.25, 0.3) is 0 Å². The number of cyclic esters (lactones) is 1. The van der Waals surface area contributed by atoms with Gasteiger partial charge in [0.2, 0.25) is 0 Å². The highest BCUT2D eigenvalue weighted by molar-refractivity contribution is 5.86. The van der Waals surface area contributed by atoms with Crippen molar-refractivity contribution in [3.8, 4) is 0 Å². The maximum Gasteiger partial charge on any atom is 0.334 e. The first-order valence-electron chi connectivity index (χ1n) is 5.43. The highest BCUT2D eigenvalue weighted by Crippen LogP contribution is 2.27. The van der Waals surface area contributed by atoms with Gasteiger partial charge in [-0.15, -0.1) is 0 Å². The SMILES string of the molecule is CC(=O)O[C@@H]1OC(=O)C=C1[C@H]1CC=C(C)CO1. The van der Waals surface area contributed by atoms with Gasteiger partial charge in [0, 0.05) is 18.6 Å². The average molecular weight is 238 g/mol. The van der Waals surface area contributed by atoms with Gasteiger partial charge in [0.15, 0.2) is 0 Å². The molecule has 17 heavy (non-hydrogen) atoms. The van der Waals surface area contributed by atoms with E-state index in [2.05, 4.69) is 0 Å². The van der Waals surface area contributed by atoms with Gasteiger partial charge in [-0.05, 0) is 13.3 Å². The molecule has 0 aliphatic carbocycles. The van der Waals surface area contributed by atoms with Crippen molar-refractivity contribution >= 4 is 11.9 Å². The zero-order valence-electron chi connectivity index (χ0n) is 9.76. The Labute approximate surface area is 99.0 Å². The summed E-state index contributed by atoms with van der Waals surface area (Å²) in [4.78, 5) is 22.1. The second kappa shape index (κ2) is 4.71. The zero-order chi connectivity index (χ0) is 12.4. The van der Waals surface area contributed by atoms with Gasteiger partial charge in [-0.25, -0.2) is 4.79 Å². The summed E-state index contributed by atoms with van der Waals surface area (Å²) in [6, 6.07) is 0. The second-order valence-electron chi connectivity index (χ2n) is 4.11. The molecule has 0 N–H and O–H groups in total. The van der Waals surface area contributed by atoms with E-state index in [0.29, 0.717) is 18.6 Å². The normalized spacial score (nSPS) is 28.2. The van der Waals surface area contributed by atoms with Crippen LogP contribution in [0.2, 0.25) is 0 Å². The van der Waals surface area contributed by atoms with Crippen molar-refractivity contribution in [1.82, 2.24) is 0 Å². The summed E-state index contributed by atoms with van der Waals surface area (Å²) < 4.78 is 15.4. The predicted molar refractivity (Wildman–Crippen MR) is 57.8 cm³/mol. The quantitative estimate of drug-likeness (QED) is 0.532. The zero-order valence-corrected chi connectivity index (χ0v) is 9.76. The fourth-order valence-electron chi connectivity index (χ4n) is 1.80. The molecule has 0 aromatic rings. The second-order valence-corrected chi connectivity index (χ2v) is 4.11. The van der Waals surface area contributed by atoms with Gasteiger partial charge in [-0.3, -0.25) is 4.79 Å².